The second-order valence-corrected chi connectivity index (χ2v) is 6.26. The molecule has 1 aromatic rings. The third-order valence-corrected chi connectivity index (χ3v) is 4.98. The van der Waals surface area contributed by atoms with Crippen LogP contribution in [0.3, 0.4) is 0 Å². The summed E-state index contributed by atoms with van der Waals surface area (Å²) in [5, 5.41) is 11.4. The van der Waals surface area contributed by atoms with E-state index >= 15 is 0 Å². The van der Waals surface area contributed by atoms with E-state index in [0.717, 1.165) is 26.2 Å². The van der Waals surface area contributed by atoms with Gasteiger partial charge in [-0.1, -0.05) is 19.3 Å². The molecule has 7 heteroatoms. The van der Waals surface area contributed by atoms with Gasteiger partial charge in [-0.15, -0.1) is 0 Å². The van der Waals surface area contributed by atoms with Crippen LogP contribution in [-0.4, -0.2) is 54.1 Å². The summed E-state index contributed by atoms with van der Waals surface area (Å²) in [5.41, 5.74) is -0.0267. The Kier molecular flexibility index (Phi) is 4.95. The number of methoxy groups -OCH3 is 1. The van der Waals surface area contributed by atoms with E-state index in [2.05, 4.69) is 9.88 Å². The first kappa shape index (κ1) is 16.0. The molecule has 3 rings (SSSR count). The number of rotatable bonds is 4. The summed E-state index contributed by atoms with van der Waals surface area (Å²) in [6.45, 7) is 3.44. The molecule has 1 aliphatic heterocycles. The van der Waals surface area contributed by atoms with Gasteiger partial charge in [0.05, 0.1) is 12.0 Å². The van der Waals surface area contributed by atoms with Crippen molar-refractivity contribution >= 4 is 11.5 Å². The third-order valence-electron chi connectivity index (χ3n) is 4.98. The molecule has 126 valence electrons. The Balaban J connectivity index is 1.71. The number of anilines is 1. The molecule has 0 bridgehead atoms. The predicted octanol–water partition coefficient (Wildman–Crippen LogP) is 2.45. The molecule has 1 aromatic heterocycles. The average molecular weight is 320 g/mol. The highest BCUT2D eigenvalue weighted by molar-refractivity contribution is 5.65. The molecular weight excluding hydrogens is 296 g/mol. The maximum absolute atomic E-state index is 11.4. The smallest absolute Gasteiger partial charge is 0.352 e. The molecule has 2 aliphatic rings. The maximum Gasteiger partial charge on any atom is 0.352 e. The van der Waals surface area contributed by atoms with Crippen molar-refractivity contribution in [1.82, 2.24) is 9.88 Å². The van der Waals surface area contributed by atoms with Gasteiger partial charge in [0.1, 0.15) is 0 Å². The van der Waals surface area contributed by atoms with Crippen molar-refractivity contribution in [3.63, 3.8) is 0 Å². The number of nitro groups is 1. The second-order valence-electron chi connectivity index (χ2n) is 6.26. The van der Waals surface area contributed by atoms with Crippen molar-refractivity contribution in [2.24, 2.45) is 0 Å². The molecule has 0 aromatic carbocycles. The van der Waals surface area contributed by atoms with Crippen molar-refractivity contribution in [3.05, 3.63) is 22.4 Å². The molecule has 0 radical (unpaired) electrons. The van der Waals surface area contributed by atoms with Gasteiger partial charge >= 0.3 is 5.69 Å². The van der Waals surface area contributed by atoms with Crippen LogP contribution >= 0.6 is 0 Å². The van der Waals surface area contributed by atoms with E-state index < -0.39 is 4.92 Å². The lowest BCUT2D eigenvalue weighted by Crippen LogP contribution is -2.51. The van der Waals surface area contributed by atoms with E-state index in [0.29, 0.717) is 11.9 Å². The summed E-state index contributed by atoms with van der Waals surface area (Å²) in [6, 6.07) is 2.24. The predicted molar refractivity (Wildman–Crippen MR) is 88.1 cm³/mol. The first-order chi connectivity index (χ1) is 11.2. The van der Waals surface area contributed by atoms with Crippen molar-refractivity contribution in [3.8, 4) is 5.75 Å². The zero-order valence-corrected chi connectivity index (χ0v) is 13.6. The van der Waals surface area contributed by atoms with Gasteiger partial charge in [-0.3, -0.25) is 15.0 Å². The van der Waals surface area contributed by atoms with Crippen molar-refractivity contribution < 1.29 is 9.66 Å². The van der Waals surface area contributed by atoms with Gasteiger partial charge in [0, 0.05) is 44.5 Å². The Morgan fingerprint density at radius 2 is 1.91 bits per heavy atom. The number of pyridine rings is 1. The zero-order valence-electron chi connectivity index (χ0n) is 13.6. The number of piperazine rings is 1. The van der Waals surface area contributed by atoms with E-state index in [4.69, 9.17) is 4.74 Å². The SMILES string of the molecule is COc1ccnc(N2CCN(C3CCCCC3)CC2)c1[N+](=O)[O-]. The average Bonchev–Trinajstić information content (AvgIpc) is 2.61. The quantitative estimate of drug-likeness (QED) is 0.627. The zero-order chi connectivity index (χ0) is 16.2. The summed E-state index contributed by atoms with van der Waals surface area (Å²) in [5.74, 6) is 0.701. The van der Waals surface area contributed by atoms with Gasteiger partial charge in [-0.25, -0.2) is 4.98 Å². The van der Waals surface area contributed by atoms with E-state index in [1.54, 1.807) is 12.3 Å². The van der Waals surface area contributed by atoms with E-state index in [-0.39, 0.29) is 11.4 Å². The third kappa shape index (κ3) is 3.39. The second kappa shape index (κ2) is 7.12. The normalized spacial score (nSPS) is 20.5. The van der Waals surface area contributed by atoms with Crippen LogP contribution in [-0.2, 0) is 0 Å². The fraction of sp³-hybridized carbons (Fsp3) is 0.688. The Bertz CT molecular complexity index is 552. The molecule has 0 atom stereocenters. The highest BCUT2D eigenvalue weighted by atomic mass is 16.6. The summed E-state index contributed by atoms with van der Waals surface area (Å²) in [6.07, 6.45) is 8.17. The highest BCUT2D eigenvalue weighted by Crippen LogP contribution is 2.35. The molecule has 1 saturated carbocycles. The molecule has 1 aliphatic carbocycles. The monoisotopic (exact) mass is 320 g/mol. The van der Waals surface area contributed by atoms with Gasteiger partial charge in [0.2, 0.25) is 11.6 Å². The minimum atomic E-state index is -0.394. The molecule has 1 saturated heterocycles. The molecule has 7 nitrogen and oxygen atoms in total. The minimum Gasteiger partial charge on any atom is -0.490 e. The van der Waals surface area contributed by atoms with Crippen LogP contribution in [0.5, 0.6) is 5.75 Å². The lowest BCUT2D eigenvalue weighted by Gasteiger charge is -2.40. The molecule has 0 spiro atoms. The van der Waals surface area contributed by atoms with Crippen LogP contribution in [0.25, 0.3) is 0 Å². The lowest BCUT2D eigenvalue weighted by molar-refractivity contribution is -0.385. The van der Waals surface area contributed by atoms with E-state index in [1.165, 1.54) is 39.2 Å². The summed E-state index contributed by atoms with van der Waals surface area (Å²) >= 11 is 0. The number of hydrogen-bond acceptors (Lipinski definition) is 6. The fourth-order valence-corrected chi connectivity index (χ4v) is 3.74. The minimum absolute atomic E-state index is 0.0267. The van der Waals surface area contributed by atoms with E-state index in [9.17, 15) is 10.1 Å². The Labute approximate surface area is 136 Å². The summed E-state index contributed by atoms with van der Waals surface area (Å²) in [7, 11) is 1.45. The molecular formula is C16H24N4O3. The maximum atomic E-state index is 11.4. The number of hydrogen-bond donors (Lipinski definition) is 0. The van der Waals surface area contributed by atoms with Gasteiger partial charge in [0.15, 0.2) is 0 Å². The fourth-order valence-electron chi connectivity index (χ4n) is 3.74. The molecule has 2 fully saturated rings. The van der Waals surface area contributed by atoms with Crippen LogP contribution in [0.15, 0.2) is 12.3 Å². The molecule has 23 heavy (non-hydrogen) atoms. The number of aromatic nitrogens is 1. The highest BCUT2D eigenvalue weighted by Gasteiger charge is 2.30. The Morgan fingerprint density at radius 3 is 2.52 bits per heavy atom. The van der Waals surface area contributed by atoms with Gasteiger partial charge < -0.3 is 9.64 Å². The van der Waals surface area contributed by atoms with Crippen molar-refractivity contribution in [2.45, 2.75) is 38.1 Å². The van der Waals surface area contributed by atoms with Gasteiger partial charge in [-0.2, -0.15) is 0 Å². The van der Waals surface area contributed by atoms with Gasteiger partial charge in [0.25, 0.3) is 0 Å². The summed E-state index contributed by atoms with van der Waals surface area (Å²) in [4.78, 5) is 19.8. The molecule has 0 unspecified atom stereocenters. The Morgan fingerprint density at radius 1 is 1.22 bits per heavy atom. The van der Waals surface area contributed by atoms with Crippen LogP contribution < -0.4 is 9.64 Å². The van der Waals surface area contributed by atoms with Crippen LogP contribution in [0.4, 0.5) is 11.5 Å². The van der Waals surface area contributed by atoms with Gasteiger partial charge in [-0.05, 0) is 12.8 Å². The lowest BCUT2D eigenvalue weighted by atomic mass is 9.94. The molecule has 0 amide bonds. The van der Waals surface area contributed by atoms with Crippen molar-refractivity contribution in [2.75, 3.05) is 38.2 Å². The topological polar surface area (TPSA) is 71.7 Å². The first-order valence-corrected chi connectivity index (χ1v) is 8.37. The molecule has 2 heterocycles. The van der Waals surface area contributed by atoms with Crippen LogP contribution in [0.2, 0.25) is 0 Å². The van der Waals surface area contributed by atoms with Crippen molar-refractivity contribution in [1.29, 1.82) is 0 Å². The van der Waals surface area contributed by atoms with Crippen LogP contribution in [0.1, 0.15) is 32.1 Å². The number of nitrogens with zero attached hydrogens (tertiary/aromatic N) is 4. The standard InChI is InChI=1S/C16H24N4O3/c1-23-14-7-8-17-16(15(14)20(21)22)19-11-9-18(10-12-19)13-5-3-2-4-6-13/h7-8,13H,2-6,9-12H2,1H3. The van der Waals surface area contributed by atoms with Crippen LogP contribution in [0, 0.1) is 10.1 Å². The van der Waals surface area contributed by atoms with E-state index in [1.807, 2.05) is 4.90 Å². The Hall–Kier alpha value is -1.89. The molecule has 0 N–H and O–H groups in total. The largest absolute Gasteiger partial charge is 0.490 e. The first-order valence-electron chi connectivity index (χ1n) is 8.37. The number of ether oxygens (including phenoxy) is 1. The summed E-state index contributed by atoms with van der Waals surface area (Å²) < 4.78 is 5.14.